The quantitative estimate of drug-likeness (QED) is 0.438. The van der Waals surface area contributed by atoms with Gasteiger partial charge in [0.15, 0.2) is 0 Å². The number of hydrogen-bond acceptors (Lipinski definition) is 3. The molecular formula is C25H26F3NO2S. The van der Waals surface area contributed by atoms with Gasteiger partial charge in [-0.25, -0.2) is 8.42 Å². The van der Waals surface area contributed by atoms with Gasteiger partial charge in [-0.1, -0.05) is 37.0 Å². The van der Waals surface area contributed by atoms with Gasteiger partial charge in [-0.05, 0) is 68.5 Å². The van der Waals surface area contributed by atoms with E-state index in [1.807, 2.05) is 0 Å². The van der Waals surface area contributed by atoms with Gasteiger partial charge in [-0.2, -0.15) is 13.2 Å². The molecular weight excluding hydrogens is 435 g/mol. The lowest BCUT2D eigenvalue weighted by molar-refractivity contribution is -0.137. The van der Waals surface area contributed by atoms with E-state index in [-0.39, 0.29) is 9.80 Å². The number of nitrogens with two attached hydrogens (primary N) is 1. The molecule has 1 aliphatic heterocycles. The van der Waals surface area contributed by atoms with Crippen molar-refractivity contribution in [2.24, 2.45) is 11.7 Å². The molecule has 32 heavy (non-hydrogen) atoms. The molecule has 0 saturated carbocycles. The molecule has 1 unspecified atom stereocenters. The molecule has 1 heterocycles. The Labute approximate surface area is 187 Å². The van der Waals surface area contributed by atoms with Gasteiger partial charge in [-0.15, -0.1) is 0 Å². The molecule has 0 bridgehead atoms. The lowest BCUT2D eigenvalue weighted by Gasteiger charge is -2.09. The molecule has 170 valence electrons. The first-order chi connectivity index (χ1) is 15.1. The average molecular weight is 462 g/mol. The van der Waals surface area contributed by atoms with Crippen molar-refractivity contribution in [2.45, 2.75) is 50.6 Å². The van der Waals surface area contributed by atoms with Crippen molar-refractivity contribution < 1.29 is 21.6 Å². The molecule has 1 aliphatic rings. The van der Waals surface area contributed by atoms with Crippen molar-refractivity contribution >= 4 is 15.4 Å². The van der Waals surface area contributed by atoms with Gasteiger partial charge in [0.1, 0.15) is 0 Å². The minimum absolute atomic E-state index is 0.131. The van der Waals surface area contributed by atoms with Crippen LogP contribution in [-0.2, 0) is 16.0 Å². The second-order valence-electron chi connectivity index (χ2n) is 8.10. The van der Waals surface area contributed by atoms with E-state index in [9.17, 15) is 21.6 Å². The van der Waals surface area contributed by atoms with Crippen LogP contribution in [0.3, 0.4) is 0 Å². The molecule has 0 saturated heterocycles. The third-order valence-corrected chi connectivity index (χ3v) is 7.61. The van der Waals surface area contributed by atoms with E-state index in [0.29, 0.717) is 41.1 Å². The lowest BCUT2D eigenvalue weighted by Crippen LogP contribution is -2.05. The molecule has 0 spiro atoms. The molecule has 1 atom stereocenters. The Balaban J connectivity index is 1.84. The third kappa shape index (κ3) is 5.08. The summed E-state index contributed by atoms with van der Waals surface area (Å²) in [6.07, 6.45) is -0.742. The molecule has 0 fully saturated rings. The molecule has 3 rings (SSSR count). The maximum absolute atomic E-state index is 13.0. The molecule has 2 N–H and O–H groups in total. The smallest absolute Gasteiger partial charge is 0.330 e. The summed E-state index contributed by atoms with van der Waals surface area (Å²) in [4.78, 5) is 0.277. The van der Waals surface area contributed by atoms with Crippen LogP contribution >= 0.6 is 0 Å². The fourth-order valence-corrected chi connectivity index (χ4v) is 5.40. The maximum Gasteiger partial charge on any atom is 0.416 e. The standard InChI is InChI=1S/C25H26F3NO2S/c1-17(14-15-29)6-4-3-5-7-19-8-13-22-23(16-19)32(30,31)18(2)24(22)20-9-11-21(12-10-20)25(26,27)28/h8-13,16-17H,3-4,6,14-15,29H2,1-2H3. The highest BCUT2D eigenvalue weighted by molar-refractivity contribution is 7.95. The average Bonchev–Trinajstić information content (AvgIpc) is 2.93. The first-order valence-corrected chi connectivity index (χ1v) is 12.0. The predicted octanol–water partition coefficient (Wildman–Crippen LogP) is 5.78. The molecule has 0 aromatic heterocycles. The van der Waals surface area contributed by atoms with Gasteiger partial charge in [0, 0.05) is 23.1 Å². The van der Waals surface area contributed by atoms with Crippen LogP contribution < -0.4 is 5.73 Å². The number of benzene rings is 2. The number of sulfone groups is 1. The van der Waals surface area contributed by atoms with Crippen molar-refractivity contribution in [3.63, 3.8) is 0 Å². The third-order valence-electron chi connectivity index (χ3n) is 5.69. The summed E-state index contributed by atoms with van der Waals surface area (Å²) in [5.41, 5.74) is 6.74. The number of fused-ring (bicyclic) bond motifs is 1. The molecule has 2 aromatic carbocycles. The van der Waals surface area contributed by atoms with Crippen LogP contribution in [0.15, 0.2) is 52.3 Å². The van der Waals surface area contributed by atoms with Crippen molar-refractivity contribution in [1.82, 2.24) is 0 Å². The van der Waals surface area contributed by atoms with Crippen LogP contribution in [0.4, 0.5) is 13.2 Å². The van der Waals surface area contributed by atoms with Crippen LogP contribution in [-0.4, -0.2) is 15.0 Å². The first kappa shape index (κ1) is 24.1. The summed E-state index contributed by atoms with van der Waals surface area (Å²) in [6, 6.07) is 9.54. The largest absolute Gasteiger partial charge is 0.416 e. The number of alkyl halides is 3. The van der Waals surface area contributed by atoms with Crippen LogP contribution in [0.2, 0.25) is 0 Å². The van der Waals surface area contributed by atoms with Gasteiger partial charge in [-0.3, -0.25) is 0 Å². The van der Waals surface area contributed by atoms with Crippen LogP contribution in [0.25, 0.3) is 5.57 Å². The number of allylic oxidation sites excluding steroid dienone is 1. The number of hydrogen-bond donors (Lipinski definition) is 1. The summed E-state index contributed by atoms with van der Waals surface area (Å²) in [5, 5.41) is 0. The van der Waals surface area contributed by atoms with E-state index < -0.39 is 21.6 Å². The summed E-state index contributed by atoms with van der Waals surface area (Å²) >= 11 is 0. The van der Waals surface area contributed by atoms with Gasteiger partial charge >= 0.3 is 6.18 Å². The molecule has 0 aliphatic carbocycles. The van der Waals surface area contributed by atoms with Crippen LogP contribution in [0.1, 0.15) is 61.8 Å². The molecule has 0 amide bonds. The van der Waals surface area contributed by atoms with E-state index in [2.05, 4.69) is 18.8 Å². The summed E-state index contributed by atoms with van der Waals surface area (Å²) in [6.45, 7) is 4.32. The zero-order valence-corrected chi connectivity index (χ0v) is 18.9. The Bertz CT molecular complexity index is 1180. The van der Waals surface area contributed by atoms with Crippen molar-refractivity contribution in [3.8, 4) is 11.8 Å². The zero-order valence-electron chi connectivity index (χ0n) is 18.1. The zero-order chi connectivity index (χ0) is 23.5. The van der Waals surface area contributed by atoms with Crippen molar-refractivity contribution in [2.75, 3.05) is 6.54 Å². The Morgan fingerprint density at radius 1 is 1.06 bits per heavy atom. The van der Waals surface area contributed by atoms with E-state index in [1.54, 1.807) is 18.2 Å². The van der Waals surface area contributed by atoms with Gasteiger partial charge in [0.2, 0.25) is 9.84 Å². The van der Waals surface area contributed by atoms with Crippen molar-refractivity contribution in [3.05, 3.63) is 69.6 Å². The Morgan fingerprint density at radius 3 is 2.38 bits per heavy atom. The van der Waals surface area contributed by atoms with Crippen LogP contribution in [0, 0.1) is 17.8 Å². The molecule has 7 heteroatoms. The highest BCUT2D eigenvalue weighted by Crippen LogP contribution is 2.43. The predicted molar refractivity (Wildman–Crippen MR) is 120 cm³/mol. The summed E-state index contributed by atoms with van der Waals surface area (Å²) in [5.74, 6) is 6.68. The SMILES string of the molecule is CC1=C(c2ccc(C(F)(F)F)cc2)c2ccc(C#CCCCC(C)CCN)cc2S1(=O)=O. The summed E-state index contributed by atoms with van der Waals surface area (Å²) < 4.78 is 64.6. The fraction of sp³-hybridized carbons (Fsp3) is 0.360. The molecule has 2 aromatic rings. The van der Waals surface area contributed by atoms with Gasteiger partial charge in [0.05, 0.1) is 15.4 Å². The monoisotopic (exact) mass is 461 g/mol. The number of halogens is 3. The van der Waals surface area contributed by atoms with E-state index in [4.69, 9.17) is 5.73 Å². The van der Waals surface area contributed by atoms with Gasteiger partial charge in [0.25, 0.3) is 0 Å². The molecule has 0 radical (unpaired) electrons. The van der Waals surface area contributed by atoms with E-state index in [0.717, 1.165) is 31.4 Å². The number of unbranched alkanes of at least 4 members (excludes halogenated alkanes) is 1. The normalized spacial score (nSPS) is 15.8. The Hall–Kier alpha value is -2.56. The molecule has 3 nitrogen and oxygen atoms in total. The summed E-state index contributed by atoms with van der Waals surface area (Å²) in [7, 11) is -3.72. The second kappa shape index (κ2) is 9.51. The Kier molecular flexibility index (Phi) is 7.16. The first-order valence-electron chi connectivity index (χ1n) is 10.5. The minimum atomic E-state index is -4.45. The minimum Gasteiger partial charge on any atom is -0.330 e. The highest BCUT2D eigenvalue weighted by Gasteiger charge is 2.34. The second-order valence-corrected chi connectivity index (χ2v) is 10.2. The van der Waals surface area contributed by atoms with Crippen LogP contribution in [0.5, 0.6) is 0 Å². The lowest BCUT2D eigenvalue weighted by atomic mass is 9.96. The maximum atomic E-state index is 13.0. The Morgan fingerprint density at radius 2 is 1.75 bits per heavy atom. The van der Waals surface area contributed by atoms with E-state index in [1.165, 1.54) is 19.1 Å². The highest BCUT2D eigenvalue weighted by atomic mass is 32.2. The number of rotatable bonds is 6. The fourth-order valence-electron chi connectivity index (χ4n) is 3.83. The topological polar surface area (TPSA) is 60.2 Å². The van der Waals surface area contributed by atoms with E-state index >= 15 is 0 Å². The van der Waals surface area contributed by atoms with Crippen molar-refractivity contribution in [1.29, 1.82) is 0 Å². The van der Waals surface area contributed by atoms with Gasteiger partial charge < -0.3 is 5.73 Å².